The molecule has 2 aromatic rings. The van der Waals surface area contributed by atoms with Crippen LogP contribution in [0.25, 0.3) is 11.0 Å². The van der Waals surface area contributed by atoms with Crippen molar-refractivity contribution in [2.75, 3.05) is 26.7 Å². The van der Waals surface area contributed by atoms with Gasteiger partial charge in [-0.2, -0.15) is 0 Å². The maximum absolute atomic E-state index is 13.1. The number of carbonyl (C=O) groups is 1. The Morgan fingerprint density at radius 2 is 2.00 bits per heavy atom. The summed E-state index contributed by atoms with van der Waals surface area (Å²) in [6.07, 6.45) is 2.34. The predicted molar refractivity (Wildman–Crippen MR) is 90.7 cm³/mol. The molecule has 122 valence electrons. The highest BCUT2D eigenvalue weighted by molar-refractivity contribution is 5.99. The molecule has 0 aliphatic carbocycles. The van der Waals surface area contributed by atoms with Gasteiger partial charge in [0.25, 0.3) is 5.91 Å². The maximum atomic E-state index is 13.1. The Hall–Kier alpha value is -1.81. The number of amides is 1. The number of nitrogens with zero attached hydrogens (tertiary/aromatic N) is 2. The van der Waals surface area contributed by atoms with E-state index in [-0.39, 0.29) is 5.91 Å². The lowest BCUT2D eigenvalue weighted by atomic mass is 9.94. The molecule has 1 aromatic heterocycles. The molecule has 1 amide bonds. The smallest absolute Gasteiger partial charge is 0.290 e. The minimum Gasteiger partial charge on any atom is -0.451 e. The van der Waals surface area contributed by atoms with E-state index in [9.17, 15) is 4.79 Å². The molecule has 4 heteroatoms. The third-order valence-corrected chi connectivity index (χ3v) is 5.44. The number of aryl methyl sites for hydroxylation is 2. The monoisotopic (exact) mass is 312 g/mol. The van der Waals surface area contributed by atoms with Crippen molar-refractivity contribution in [3.05, 3.63) is 35.1 Å². The Balaban J connectivity index is 1.70. The number of hydrogen-bond donors (Lipinski definition) is 0. The summed E-state index contributed by atoms with van der Waals surface area (Å²) in [5.74, 6) is 1.19. The predicted octanol–water partition coefficient (Wildman–Crippen LogP) is 3.22. The Bertz CT molecular complexity index is 764. The molecule has 3 aliphatic rings. The van der Waals surface area contributed by atoms with Gasteiger partial charge in [0.1, 0.15) is 5.58 Å². The van der Waals surface area contributed by atoms with E-state index >= 15 is 0 Å². The number of hydrogen-bond acceptors (Lipinski definition) is 3. The Kier molecular flexibility index (Phi) is 3.45. The van der Waals surface area contributed by atoms with Crippen LogP contribution in [-0.4, -0.2) is 48.4 Å². The average molecular weight is 312 g/mol. The largest absolute Gasteiger partial charge is 0.451 e. The summed E-state index contributed by atoms with van der Waals surface area (Å²) in [4.78, 5) is 17.6. The van der Waals surface area contributed by atoms with Crippen LogP contribution in [-0.2, 0) is 0 Å². The zero-order valence-electron chi connectivity index (χ0n) is 14.1. The van der Waals surface area contributed by atoms with Crippen molar-refractivity contribution < 1.29 is 9.21 Å². The standard InChI is InChI=1S/C19H24N2O2/c1-12-4-7-16-13(2)18(23-17(16)8-12)19(22)21-10-14-5-6-15(21)11-20(3)9-14/h4,7-8,14-15H,5-6,9-11H2,1-3H3/t14-,15+/m1/s1. The summed E-state index contributed by atoms with van der Waals surface area (Å²) in [7, 11) is 2.16. The van der Waals surface area contributed by atoms with E-state index in [0.717, 1.165) is 48.2 Å². The highest BCUT2D eigenvalue weighted by Gasteiger charge is 2.38. The van der Waals surface area contributed by atoms with E-state index in [2.05, 4.69) is 29.0 Å². The molecule has 0 spiro atoms. The normalized spacial score (nSPS) is 25.1. The van der Waals surface area contributed by atoms with Crippen LogP contribution < -0.4 is 0 Å². The lowest BCUT2D eigenvalue weighted by Crippen LogP contribution is -2.47. The van der Waals surface area contributed by atoms with Crippen molar-refractivity contribution in [1.82, 2.24) is 9.80 Å². The molecule has 0 radical (unpaired) electrons. The van der Waals surface area contributed by atoms with Gasteiger partial charge in [0.2, 0.25) is 0 Å². The molecule has 3 aliphatic heterocycles. The number of furan rings is 1. The first kappa shape index (κ1) is 14.8. The van der Waals surface area contributed by atoms with Gasteiger partial charge < -0.3 is 14.2 Å². The van der Waals surface area contributed by atoms with Gasteiger partial charge in [-0.1, -0.05) is 12.1 Å². The molecule has 1 aromatic carbocycles. The van der Waals surface area contributed by atoms with E-state index in [0.29, 0.717) is 17.7 Å². The van der Waals surface area contributed by atoms with E-state index in [1.807, 2.05) is 19.9 Å². The van der Waals surface area contributed by atoms with Gasteiger partial charge in [0, 0.05) is 36.6 Å². The molecule has 4 heterocycles. The van der Waals surface area contributed by atoms with Crippen LogP contribution >= 0.6 is 0 Å². The first-order chi connectivity index (χ1) is 11.0. The van der Waals surface area contributed by atoms with Crippen molar-refractivity contribution in [3.8, 4) is 0 Å². The molecule has 0 N–H and O–H groups in total. The highest BCUT2D eigenvalue weighted by Crippen LogP contribution is 2.32. The fourth-order valence-electron chi connectivity index (χ4n) is 4.23. The van der Waals surface area contributed by atoms with Crippen LogP contribution in [0.1, 0.15) is 34.5 Å². The summed E-state index contributed by atoms with van der Waals surface area (Å²) in [5.41, 5.74) is 2.95. The number of rotatable bonds is 1. The molecule has 2 atom stereocenters. The Morgan fingerprint density at radius 3 is 2.83 bits per heavy atom. The number of carbonyl (C=O) groups excluding carboxylic acids is 1. The Labute approximate surface area is 137 Å². The van der Waals surface area contributed by atoms with Gasteiger partial charge in [0.15, 0.2) is 5.76 Å². The van der Waals surface area contributed by atoms with Gasteiger partial charge in [0.05, 0.1) is 0 Å². The van der Waals surface area contributed by atoms with Gasteiger partial charge >= 0.3 is 0 Å². The molecule has 23 heavy (non-hydrogen) atoms. The van der Waals surface area contributed by atoms with Crippen molar-refractivity contribution in [2.45, 2.75) is 32.7 Å². The molecule has 2 bridgehead atoms. The molecular weight excluding hydrogens is 288 g/mol. The molecular formula is C19H24N2O2. The third-order valence-electron chi connectivity index (χ3n) is 5.44. The van der Waals surface area contributed by atoms with E-state index in [4.69, 9.17) is 4.42 Å². The molecule has 3 saturated heterocycles. The average Bonchev–Trinajstić information content (AvgIpc) is 2.66. The van der Waals surface area contributed by atoms with Crippen molar-refractivity contribution in [3.63, 3.8) is 0 Å². The fraction of sp³-hybridized carbons (Fsp3) is 0.526. The van der Waals surface area contributed by atoms with Crippen molar-refractivity contribution >= 4 is 16.9 Å². The molecule has 5 rings (SSSR count). The van der Waals surface area contributed by atoms with Crippen LogP contribution in [0.15, 0.2) is 22.6 Å². The highest BCUT2D eigenvalue weighted by atomic mass is 16.3. The SMILES string of the molecule is Cc1ccc2c(C)c(C(=O)N3C[C@@H]4CC[C@H]3CN(C)C4)oc2c1. The minimum absolute atomic E-state index is 0.0707. The first-order valence-electron chi connectivity index (χ1n) is 8.52. The molecule has 0 unspecified atom stereocenters. The Morgan fingerprint density at radius 1 is 1.17 bits per heavy atom. The third kappa shape index (κ3) is 2.45. The van der Waals surface area contributed by atoms with Crippen molar-refractivity contribution in [1.29, 1.82) is 0 Å². The minimum atomic E-state index is 0.0707. The zero-order valence-corrected chi connectivity index (χ0v) is 14.1. The fourth-order valence-corrected chi connectivity index (χ4v) is 4.23. The van der Waals surface area contributed by atoms with Crippen LogP contribution in [0.4, 0.5) is 0 Å². The number of likely N-dealkylation sites (N-methyl/N-ethyl adjacent to an activating group) is 1. The quantitative estimate of drug-likeness (QED) is 0.811. The van der Waals surface area contributed by atoms with Gasteiger partial charge in [-0.05, 0) is 51.3 Å². The number of piperidine rings is 1. The van der Waals surface area contributed by atoms with E-state index in [1.54, 1.807) is 0 Å². The summed E-state index contributed by atoms with van der Waals surface area (Å²) in [5, 5.41) is 1.05. The summed E-state index contributed by atoms with van der Waals surface area (Å²) in [6, 6.07) is 6.46. The lowest BCUT2D eigenvalue weighted by molar-refractivity contribution is 0.0556. The topological polar surface area (TPSA) is 36.7 Å². The first-order valence-corrected chi connectivity index (χ1v) is 8.52. The van der Waals surface area contributed by atoms with E-state index in [1.165, 1.54) is 6.42 Å². The molecule has 3 fully saturated rings. The summed E-state index contributed by atoms with van der Waals surface area (Å²) in [6.45, 7) is 6.97. The van der Waals surface area contributed by atoms with Crippen LogP contribution in [0.2, 0.25) is 0 Å². The number of benzene rings is 1. The van der Waals surface area contributed by atoms with Crippen LogP contribution in [0, 0.1) is 19.8 Å². The number of fused-ring (bicyclic) bond motifs is 5. The second-order valence-electron chi connectivity index (χ2n) is 7.33. The molecule has 0 saturated carbocycles. The lowest BCUT2D eigenvalue weighted by Gasteiger charge is -2.35. The van der Waals surface area contributed by atoms with Crippen LogP contribution in [0.3, 0.4) is 0 Å². The van der Waals surface area contributed by atoms with Gasteiger partial charge in [-0.3, -0.25) is 4.79 Å². The maximum Gasteiger partial charge on any atom is 0.290 e. The summed E-state index contributed by atoms with van der Waals surface area (Å²) < 4.78 is 5.97. The van der Waals surface area contributed by atoms with Gasteiger partial charge in [-0.25, -0.2) is 0 Å². The molecule has 4 nitrogen and oxygen atoms in total. The summed E-state index contributed by atoms with van der Waals surface area (Å²) >= 11 is 0. The zero-order chi connectivity index (χ0) is 16.1. The second-order valence-corrected chi connectivity index (χ2v) is 7.33. The second kappa shape index (κ2) is 5.38. The van der Waals surface area contributed by atoms with Crippen LogP contribution in [0.5, 0.6) is 0 Å². The van der Waals surface area contributed by atoms with E-state index < -0.39 is 0 Å². The van der Waals surface area contributed by atoms with Gasteiger partial charge in [-0.15, -0.1) is 0 Å². The van der Waals surface area contributed by atoms with Crippen molar-refractivity contribution in [2.24, 2.45) is 5.92 Å².